The fourth-order valence-electron chi connectivity index (χ4n) is 2.70. The Balaban J connectivity index is 1.80. The van der Waals surface area contributed by atoms with Crippen molar-refractivity contribution in [1.82, 2.24) is 4.98 Å². The van der Waals surface area contributed by atoms with E-state index in [9.17, 15) is 23.1 Å². The number of carboxylic acid groups (broad SMARTS) is 1. The van der Waals surface area contributed by atoms with Crippen LogP contribution in [-0.4, -0.2) is 41.3 Å². The fourth-order valence-corrected chi connectivity index (χ4v) is 2.70. The summed E-state index contributed by atoms with van der Waals surface area (Å²) in [5.41, 5.74) is -0.598. The first kappa shape index (κ1) is 21.6. The molecule has 7 nitrogen and oxygen atoms in total. The van der Waals surface area contributed by atoms with E-state index in [1.807, 2.05) is 0 Å². The van der Waals surface area contributed by atoms with Crippen LogP contribution in [0, 0.1) is 0 Å². The van der Waals surface area contributed by atoms with Gasteiger partial charge in [0.1, 0.15) is 18.1 Å². The normalized spacial score (nSPS) is 17.4. The molecule has 1 aliphatic rings. The molecule has 1 unspecified atom stereocenters. The molecule has 0 saturated carbocycles. The number of hydrogen-bond acceptors (Lipinski definition) is 6. The van der Waals surface area contributed by atoms with Gasteiger partial charge in [0.2, 0.25) is 6.29 Å². The van der Waals surface area contributed by atoms with Gasteiger partial charge in [-0.2, -0.15) is 13.2 Å². The van der Waals surface area contributed by atoms with Crippen molar-refractivity contribution in [3.05, 3.63) is 59.4 Å². The van der Waals surface area contributed by atoms with Gasteiger partial charge in [0, 0.05) is 12.6 Å². The number of carboxylic acids is 1. The van der Waals surface area contributed by atoms with E-state index in [0.717, 1.165) is 25.0 Å². The predicted molar refractivity (Wildman–Crippen MR) is 99.3 cm³/mol. The third-order valence-electron chi connectivity index (χ3n) is 4.26. The van der Waals surface area contributed by atoms with Crippen LogP contribution in [0.25, 0.3) is 0 Å². The summed E-state index contributed by atoms with van der Waals surface area (Å²) in [7, 11) is 0. The minimum absolute atomic E-state index is 0.0270. The van der Waals surface area contributed by atoms with E-state index in [4.69, 9.17) is 14.3 Å². The molecule has 1 aliphatic heterocycles. The lowest BCUT2D eigenvalue weighted by molar-refractivity contribution is -0.162. The Kier molecular flexibility index (Phi) is 6.88. The number of alkyl halides is 3. The predicted octanol–water partition coefficient (Wildman–Crippen LogP) is 4.12. The molecule has 2 aromatic rings. The van der Waals surface area contributed by atoms with Crippen LogP contribution in [0.15, 0.2) is 47.8 Å². The largest absolute Gasteiger partial charge is 0.487 e. The van der Waals surface area contributed by atoms with Crippen molar-refractivity contribution in [2.24, 2.45) is 5.16 Å². The number of aromatic nitrogens is 1. The van der Waals surface area contributed by atoms with Gasteiger partial charge in [-0.05, 0) is 43.2 Å². The number of halogens is 3. The number of ether oxygens (including phenoxy) is 2. The molecule has 30 heavy (non-hydrogen) atoms. The molecule has 0 aliphatic carbocycles. The monoisotopic (exact) mass is 424 g/mol. The molecule has 160 valence electrons. The summed E-state index contributed by atoms with van der Waals surface area (Å²) in [5.74, 6) is -1.19. The van der Waals surface area contributed by atoms with Crippen LogP contribution in [0.5, 0.6) is 5.75 Å². The number of aromatic carboxylic acids is 1. The van der Waals surface area contributed by atoms with E-state index in [1.54, 1.807) is 0 Å². The summed E-state index contributed by atoms with van der Waals surface area (Å²) in [6.07, 6.45) is -1.33. The average Bonchev–Trinajstić information content (AvgIpc) is 2.74. The first-order chi connectivity index (χ1) is 14.3. The molecule has 1 saturated heterocycles. The van der Waals surface area contributed by atoms with Crippen LogP contribution < -0.4 is 4.74 Å². The topological polar surface area (TPSA) is 90.2 Å². The number of hydrogen-bond donors (Lipinski definition) is 1. The van der Waals surface area contributed by atoms with E-state index in [-0.39, 0.29) is 29.3 Å². The Morgan fingerprint density at radius 2 is 2.10 bits per heavy atom. The van der Waals surface area contributed by atoms with Gasteiger partial charge in [0.15, 0.2) is 0 Å². The fraction of sp³-hybridized carbons (Fsp3) is 0.350. The molecule has 1 aromatic heterocycles. The highest BCUT2D eigenvalue weighted by atomic mass is 19.4. The summed E-state index contributed by atoms with van der Waals surface area (Å²) in [5, 5.41) is 13.2. The highest BCUT2D eigenvalue weighted by Gasteiger charge is 2.30. The van der Waals surface area contributed by atoms with E-state index in [1.165, 1.54) is 30.5 Å². The standard InChI is InChI=1S/C20H19F3N2O5/c21-20(22,23)14-4-3-5-15(11-14)29-12-17(25-30-18-6-1-2-9-28-18)16-10-13(19(26)27)7-8-24-16/h3-5,7-8,10-11,18H,1-2,6,9,12H2,(H,26,27)/b25-17+. The third kappa shape index (κ3) is 5.93. The summed E-state index contributed by atoms with van der Waals surface area (Å²) >= 11 is 0. The molecule has 0 bridgehead atoms. The van der Waals surface area contributed by atoms with Crippen molar-refractivity contribution < 1.29 is 37.4 Å². The van der Waals surface area contributed by atoms with Crippen LogP contribution in [0.3, 0.4) is 0 Å². The number of pyridine rings is 1. The van der Waals surface area contributed by atoms with Crippen LogP contribution in [0.1, 0.15) is 40.9 Å². The molecule has 0 amide bonds. The molecular formula is C20H19F3N2O5. The average molecular weight is 424 g/mol. The van der Waals surface area contributed by atoms with Crippen molar-refractivity contribution >= 4 is 11.7 Å². The molecule has 10 heteroatoms. The lowest BCUT2D eigenvalue weighted by atomic mass is 10.2. The van der Waals surface area contributed by atoms with Crippen molar-refractivity contribution in [2.45, 2.75) is 31.7 Å². The molecular weight excluding hydrogens is 405 g/mol. The van der Waals surface area contributed by atoms with E-state index in [2.05, 4.69) is 10.1 Å². The maximum absolute atomic E-state index is 12.9. The number of nitrogens with zero attached hydrogens (tertiary/aromatic N) is 2. The molecule has 1 fully saturated rings. The van der Waals surface area contributed by atoms with Gasteiger partial charge < -0.3 is 19.4 Å². The number of carbonyl (C=O) groups is 1. The minimum Gasteiger partial charge on any atom is -0.487 e. The Morgan fingerprint density at radius 3 is 2.80 bits per heavy atom. The van der Waals surface area contributed by atoms with E-state index < -0.39 is 24.0 Å². The quantitative estimate of drug-likeness (QED) is 0.531. The lowest BCUT2D eigenvalue weighted by Gasteiger charge is -2.20. The summed E-state index contributed by atoms with van der Waals surface area (Å²) in [4.78, 5) is 20.7. The highest BCUT2D eigenvalue weighted by Crippen LogP contribution is 2.31. The van der Waals surface area contributed by atoms with E-state index >= 15 is 0 Å². The molecule has 1 aromatic carbocycles. The summed E-state index contributed by atoms with van der Waals surface area (Å²) < 4.78 is 49.6. The molecule has 3 rings (SSSR count). The second kappa shape index (κ2) is 9.57. The van der Waals surface area contributed by atoms with Crippen LogP contribution in [0.2, 0.25) is 0 Å². The Labute approximate surface area is 170 Å². The van der Waals surface area contributed by atoms with Gasteiger partial charge in [-0.25, -0.2) is 4.79 Å². The summed E-state index contributed by atoms with van der Waals surface area (Å²) in [6.45, 7) is 0.243. The second-order valence-corrected chi connectivity index (χ2v) is 6.49. The van der Waals surface area contributed by atoms with E-state index in [0.29, 0.717) is 13.0 Å². The zero-order valence-electron chi connectivity index (χ0n) is 15.8. The van der Waals surface area contributed by atoms with Gasteiger partial charge in [0.25, 0.3) is 0 Å². The molecule has 2 heterocycles. The van der Waals surface area contributed by atoms with Gasteiger partial charge in [-0.15, -0.1) is 0 Å². The van der Waals surface area contributed by atoms with Crippen LogP contribution in [-0.2, 0) is 15.8 Å². The van der Waals surface area contributed by atoms with Gasteiger partial charge in [-0.1, -0.05) is 11.2 Å². The minimum atomic E-state index is -4.50. The smallest absolute Gasteiger partial charge is 0.416 e. The Morgan fingerprint density at radius 1 is 1.27 bits per heavy atom. The second-order valence-electron chi connectivity index (χ2n) is 6.49. The lowest BCUT2D eigenvalue weighted by Crippen LogP contribution is -2.22. The zero-order chi connectivity index (χ0) is 21.6. The maximum Gasteiger partial charge on any atom is 0.416 e. The van der Waals surface area contributed by atoms with Crippen molar-refractivity contribution in [3.63, 3.8) is 0 Å². The first-order valence-electron chi connectivity index (χ1n) is 9.17. The van der Waals surface area contributed by atoms with Crippen molar-refractivity contribution in [2.75, 3.05) is 13.2 Å². The number of benzene rings is 1. The molecule has 1 N–H and O–H groups in total. The highest BCUT2D eigenvalue weighted by molar-refractivity contribution is 6.01. The third-order valence-corrected chi connectivity index (χ3v) is 4.26. The van der Waals surface area contributed by atoms with Crippen LogP contribution >= 0.6 is 0 Å². The molecule has 0 spiro atoms. The SMILES string of the molecule is O=C(O)c1ccnc(/C(COc2cccc(C(F)(F)F)c2)=N/OC2CCCCO2)c1. The first-order valence-corrected chi connectivity index (χ1v) is 9.17. The zero-order valence-corrected chi connectivity index (χ0v) is 15.8. The Hall–Kier alpha value is -3.14. The molecule has 1 atom stereocenters. The maximum atomic E-state index is 12.9. The van der Waals surface area contributed by atoms with Gasteiger partial charge in [0.05, 0.1) is 23.4 Å². The Bertz CT molecular complexity index is 911. The van der Waals surface area contributed by atoms with Gasteiger partial charge >= 0.3 is 12.1 Å². The number of oxime groups is 1. The van der Waals surface area contributed by atoms with Gasteiger partial charge in [-0.3, -0.25) is 4.98 Å². The van der Waals surface area contributed by atoms with Crippen molar-refractivity contribution in [3.8, 4) is 5.75 Å². The van der Waals surface area contributed by atoms with Crippen LogP contribution in [0.4, 0.5) is 13.2 Å². The molecule has 0 radical (unpaired) electrons. The summed E-state index contributed by atoms with van der Waals surface area (Å²) in [6, 6.07) is 6.99. The number of rotatable bonds is 7. The van der Waals surface area contributed by atoms with Crippen molar-refractivity contribution in [1.29, 1.82) is 0 Å².